The van der Waals surface area contributed by atoms with Crippen molar-refractivity contribution in [3.8, 4) is 0 Å². The molecule has 0 fully saturated rings. The molecule has 66 valence electrons. The minimum Gasteiger partial charge on any atom is -0.453 e. The zero-order valence-electron chi connectivity index (χ0n) is 8.10. The second-order valence-electron chi connectivity index (χ2n) is 3.45. The van der Waals surface area contributed by atoms with Crippen molar-refractivity contribution in [2.45, 2.75) is 39.5 Å². The molecular weight excluding hydrogens is 172 g/mol. The molecule has 0 bridgehead atoms. The Balaban J connectivity index is 4.09. The van der Waals surface area contributed by atoms with Crippen LogP contribution in [0, 0.1) is 0 Å². The minimum atomic E-state index is -1.95. The Kier molecular flexibility index (Phi) is 4.20. The van der Waals surface area contributed by atoms with Crippen LogP contribution in [0.25, 0.3) is 0 Å². The van der Waals surface area contributed by atoms with E-state index in [1.54, 1.807) is 0 Å². The van der Waals surface area contributed by atoms with E-state index in [0.717, 1.165) is 0 Å². The molecule has 0 atom stereocenters. The van der Waals surface area contributed by atoms with Crippen LogP contribution in [0.5, 0.6) is 0 Å². The number of rotatable bonds is 4. The molecule has 0 aliphatic heterocycles. The highest BCUT2D eigenvalue weighted by Gasteiger charge is 2.31. The summed E-state index contributed by atoms with van der Waals surface area (Å²) < 4.78 is 5.72. The number of hydrogen-bond acceptors (Lipinski definition) is 2. The fraction of sp³-hybridized carbons (Fsp3) is 0.857. The third-order valence-electron chi connectivity index (χ3n) is 1.52. The second-order valence-corrected chi connectivity index (χ2v) is 10.1. The Hall–Kier alpha value is 0.0638. The molecule has 0 heterocycles. The lowest BCUT2D eigenvalue weighted by Crippen LogP contribution is -2.43. The molecule has 0 amide bonds. The highest BCUT2D eigenvalue weighted by Crippen LogP contribution is 2.09. The van der Waals surface area contributed by atoms with Crippen molar-refractivity contribution in [1.82, 2.24) is 0 Å². The van der Waals surface area contributed by atoms with E-state index in [-0.39, 0.29) is 0 Å². The SMILES string of the molecule is CCC(=O)[Si](C)(C)O[SiH](C)C. The van der Waals surface area contributed by atoms with Gasteiger partial charge in [0.2, 0.25) is 8.32 Å². The molecule has 0 aromatic rings. The molecule has 0 saturated heterocycles. The van der Waals surface area contributed by atoms with Crippen molar-refractivity contribution < 1.29 is 8.91 Å². The third-order valence-corrected chi connectivity index (χ3v) is 7.46. The summed E-state index contributed by atoms with van der Waals surface area (Å²) in [6.07, 6.45) is 0.625. The van der Waals surface area contributed by atoms with Crippen LogP contribution in [0.4, 0.5) is 0 Å². The molecule has 2 nitrogen and oxygen atoms in total. The number of carbonyl (C=O) groups is 1. The molecule has 11 heavy (non-hydrogen) atoms. The van der Waals surface area contributed by atoms with Crippen LogP contribution in [-0.2, 0) is 8.91 Å². The quantitative estimate of drug-likeness (QED) is 0.631. The summed E-state index contributed by atoms with van der Waals surface area (Å²) in [6.45, 7) is 10.1. The standard InChI is InChI=1S/C7H18O2Si2/c1-6-7(8)11(4,5)9-10(2)3/h10H,6H2,1-5H3. The van der Waals surface area contributed by atoms with Gasteiger partial charge in [-0.05, 0) is 26.2 Å². The molecule has 0 aromatic carbocycles. The van der Waals surface area contributed by atoms with Gasteiger partial charge in [0.1, 0.15) is 5.41 Å². The molecule has 0 saturated carbocycles. The highest BCUT2D eigenvalue weighted by atomic mass is 28.4. The van der Waals surface area contributed by atoms with Crippen LogP contribution >= 0.6 is 0 Å². The van der Waals surface area contributed by atoms with Gasteiger partial charge in [-0.2, -0.15) is 0 Å². The largest absolute Gasteiger partial charge is 0.453 e. The van der Waals surface area contributed by atoms with E-state index in [4.69, 9.17) is 4.12 Å². The maximum Gasteiger partial charge on any atom is 0.247 e. The van der Waals surface area contributed by atoms with E-state index in [1.165, 1.54) is 0 Å². The lowest BCUT2D eigenvalue weighted by Gasteiger charge is -2.23. The van der Waals surface area contributed by atoms with Crippen LogP contribution in [0.2, 0.25) is 26.2 Å². The molecule has 0 aromatic heterocycles. The number of hydrogen-bond donors (Lipinski definition) is 0. The Morgan fingerprint density at radius 3 is 2.18 bits per heavy atom. The van der Waals surface area contributed by atoms with E-state index in [0.29, 0.717) is 11.8 Å². The van der Waals surface area contributed by atoms with Crippen molar-refractivity contribution in [1.29, 1.82) is 0 Å². The highest BCUT2D eigenvalue weighted by molar-refractivity contribution is 7.02. The normalized spacial score (nSPS) is 12.2. The third kappa shape index (κ3) is 3.83. The van der Waals surface area contributed by atoms with Crippen molar-refractivity contribution in [3.05, 3.63) is 0 Å². The Morgan fingerprint density at radius 1 is 1.45 bits per heavy atom. The first kappa shape index (κ1) is 11.1. The van der Waals surface area contributed by atoms with Gasteiger partial charge in [-0.1, -0.05) is 6.92 Å². The van der Waals surface area contributed by atoms with Crippen molar-refractivity contribution in [2.75, 3.05) is 0 Å². The smallest absolute Gasteiger partial charge is 0.247 e. The topological polar surface area (TPSA) is 26.3 Å². The van der Waals surface area contributed by atoms with Crippen LogP contribution in [-0.4, -0.2) is 22.8 Å². The second kappa shape index (κ2) is 4.18. The molecule has 4 heteroatoms. The van der Waals surface area contributed by atoms with Gasteiger partial charge in [-0.15, -0.1) is 0 Å². The Labute approximate surface area is 71.8 Å². The van der Waals surface area contributed by atoms with Gasteiger partial charge in [-0.25, -0.2) is 0 Å². The molecule has 0 unspecified atom stereocenters. The zero-order valence-corrected chi connectivity index (χ0v) is 10.3. The number of carbonyl (C=O) groups excluding carboxylic acids is 1. The predicted octanol–water partition coefficient (Wildman–Crippen LogP) is 1.71. The monoisotopic (exact) mass is 190 g/mol. The van der Waals surface area contributed by atoms with Crippen molar-refractivity contribution >= 4 is 22.8 Å². The summed E-state index contributed by atoms with van der Waals surface area (Å²) in [5, 5.41) is 0.332. The predicted molar refractivity (Wildman–Crippen MR) is 52.7 cm³/mol. The van der Waals surface area contributed by atoms with Gasteiger partial charge in [0.25, 0.3) is 0 Å². The van der Waals surface area contributed by atoms with E-state index >= 15 is 0 Å². The average Bonchev–Trinajstić information content (AvgIpc) is 1.83. The summed E-state index contributed by atoms with van der Waals surface area (Å²) >= 11 is 0. The fourth-order valence-corrected chi connectivity index (χ4v) is 7.17. The summed E-state index contributed by atoms with van der Waals surface area (Å²) in [5.41, 5.74) is 0. The summed E-state index contributed by atoms with van der Waals surface area (Å²) in [7, 11) is -2.97. The Morgan fingerprint density at radius 2 is 1.91 bits per heavy atom. The van der Waals surface area contributed by atoms with E-state index in [1.807, 2.05) is 20.0 Å². The van der Waals surface area contributed by atoms with E-state index in [9.17, 15) is 4.79 Å². The first-order valence-electron chi connectivity index (χ1n) is 4.11. The average molecular weight is 190 g/mol. The lowest BCUT2D eigenvalue weighted by atomic mass is 10.6. The Bertz CT molecular complexity index is 143. The molecular formula is C7H18O2Si2. The lowest BCUT2D eigenvalue weighted by molar-refractivity contribution is -0.113. The first-order valence-corrected chi connectivity index (χ1v) is 9.80. The molecule has 0 spiro atoms. The summed E-state index contributed by atoms with van der Waals surface area (Å²) in [4.78, 5) is 11.3. The summed E-state index contributed by atoms with van der Waals surface area (Å²) in [6, 6.07) is 0. The van der Waals surface area contributed by atoms with Gasteiger partial charge in [0.05, 0.1) is 0 Å². The molecule has 0 radical (unpaired) electrons. The van der Waals surface area contributed by atoms with Crippen molar-refractivity contribution in [3.63, 3.8) is 0 Å². The van der Waals surface area contributed by atoms with Crippen LogP contribution in [0.1, 0.15) is 13.3 Å². The van der Waals surface area contributed by atoms with Gasteiger partial charge in [0.15, 0.2) is 9.04 Å². The van der Waals surface area contributed by atoms with Crippen LogP contribution in [0.15, 0.2) is 0 Å². The van der Waals surface area contributed by atoms with Gasteiger partial charge >= 0.3 is 0 Å². The zero-order chi connectivity index (χ0) is 9.07. The molecule has 0 aliphatic carbocycles. The molecule has 0 aliphatic rings. The van der Waals surface area contributed by atoms with Crippen molar-refractivity contribution in [2.24, 2.45) is 0 Å². The maximum atomic E-state index is 11.3. The van der Waals surface area contributed by atoms with Crippen LogP contribution < -0.4 is 0 Å². The van der Waals surface area contributed by atoms with Gasteiger partial charge in [-0.3, -0.25) is 0 Å². The minimum absolute atomic E-state index is 0.332. The summed E-state index contributed by atoms with van der Waals surface area (Å²) in [5.74, 6) is 0. The van der Waals surface area contributed by atoms with E-state index in [2.05, 4.69) is 13.1 Å². The molecule has 0 rings (SSSR count). The fourth-order valence-electron chi connectivity index (χ4n) is 1.08. The first-order chi connectivity index (χ1) is 4.90. The maximum absolute atomic E-state index is 11.3. The van der Waals surface area contributed by atoms with Crippen LogP contribution in [0.3, 0.4) is 0 Å². The van der Waals surface area contributed by atoms with Gasteiger partial charge < -0.3 is 8.91 Å². The van der Waals surface area contributed by atoms with Gasteiger partial charge in [0, 0.05) is 6.42 Å². The van der Waals surface area contributed by atoms with E-state index < -0.39 is 17.4 Å². The molecule has 0 N–H and O–H groups in total.